The molecule has 2 N–H and O–H groups in total. The molecular weight excluding hydrogens is 286 g/mol. The van der Waals surface area contributed by atoms with Crippen molar-refractivity contribution in [2.24, 2.45) is 5.41 Å². The van der Waals surface area contributed by atoms with Gasteiger partial charge < -0.3 is 15.1 Å². The standard InChI is InChI=1S/C16H25NO3S/c1-6-13(8-9-16(2,3)4)21-14(15(19)20)12-17(5)10-7-11-18/h6,12,18H,7,10-11H2,1-5H3,(H,19,20)/b13-6-,14-12+. The third-order valence-corrected chi connectivity index (χ3v) is 3.32. The Morgan fingerprint density at radius 2 is 2.00 bits per heavy atom. The highest BCUT2D eigenvalue weighted by atomic mass is 32.2. The highest BCUT2D eigenvalue weighted by Crippen LogP contribution is 2.26. The first-order valence-electron chi connectivity index (χ1n) is 6.83. The summed E-state index contributed by atoms with van der Waals surface area (Å²) in [5.74, 6) is 5.14. The van der Waals surface area contributed by atoms with Crippen LogP contribution in [0.25, 0.3) is 0 Å². The van der Waals surface area contributed by atoms with Gasteiger partial charge in [0.05, 0.1) is 4.91 Å². The fourth-order valence-corrected chi connectivity index (χ4v) is 2.01. The predicted octanol–water partition coefficient (Wildman–Crippen LogP) is 2.91. The van der Waals surface area contributed by atoms with Crippen molar-refractivity contribution in [1.82, 2.24) is 4.90 Å². The van der Waals surface area contributed by atoms with Crippen LogP contribution in [0.4, 0.5) is 0 Å². The first kappa shape index (κ1) is 19.6. The van der Waals surface area contributed by atoms with Crippen LogP contribution in [-0.4, -0.2) is 41.3 Å². The van der Waals surface area contributed by atoms with Crippen LogP contribution in [-0.2, 0) is 4.79 Å². The first-order valence-corrected chi connectivity index (χ1v) is 7.65. The molecule has 0 aliphatic rings. The molecule has 0 unspecified atom stereocenters. The van der Waals surface area contributed by atoms with Gasteiger partial charge in [-0.15, -0.1) is 0 Å². The Kier molecular flexibility index (Phi) is 8.91. The van der Waals surface area contributed by atoms with Gasteiger partial charge in [0.1, 0.15) is 4.91 Å². The third kappa shape index (κ3) is 10.1. The van der Waals surface area contributed by atoms with Crippen LogP contribution in [0.1, 0.15) is 34.1 Å². The maximum atomic E-state index is 11.3. The van der Waals surface area contributed by atoms with Gasteiger partial charge in [-0.2, -0.15) is 0 Å². The molecule has 0 rings (SSSR count). The van der Waals surface area contributed by atoms with E-state index < -0.39 is 5.97 Å². The maximum Gasteiger partial charge on any atom is 0.344 e. The van der Waals surface area contributed by atoms with Crippen molar-refractivity contribution >= 4 is 17.7 Å². The van der Waals surface area contributed by atoms with Crippen LogP contribution >= 0.6 is 11.8 Å². The molecule has 0 fully saturated rings. The lowest BCUT2D eigenvalue weighted by Gasteiger charge is -2.14. The number of aliphatic carboxylic acids is 1. The number of hydrogen-bond acceptors (Lipinski definition) is 4. The smallest absolute Gasteiger partial charge is 0.344 e. The van der Waals surface area contributed by atoms with E-state index in [0.29, 0.717) is 17.9 Å². The summed E-state index contributed by atoms with van der Waals surface area (Å²) < 4.78 is 0. The van der Waals surface area contributed by atoms with Crippen LogP contribution in [0, 0.1) is 17.3 Å². The second-order valence-corrected chi connectivity index (χ2v) is 6.70. The van der Waals surface area contributed by atoms with E-state index in [2.05, 4.69) is 11.8 Å². The van der Waals surface area contributed by atoms with Crippen LogP contribution < -0.4 is 0 Å². The number of thioether (sulfide) groups is 1. The molecule has 5 heteroatoms. The zero-order valence-corrected chi connectivity index (χ0v) is 14.3. The highest BCUT2D eigenvalue weighted by molar-refractivity contribution is 8.07. The van der Waals surface area contributed by atoms with E-state index >= 15 is 0 Å². The van der Waals surface area contributed by atoms with Crippen molar-refractivity contribution in [3.8, 4) is 11.8 Å². The number of aliphatic hydroxyl groups is 1. The zero-order valence-electron chi connectivity index (χ0n) is 13.4. The van der Waals surface area contributed by atoms with E-state index in [0.717, 1.165) is 11.8 Å². The molecule has 118 valence electrons. The average molecular weight is 311 g/mol. The predicted molar refractivity (Wildman–Crippen MR) is 88.6 cm³/mol. The summed E-state index contributed by atoms with van der Waals surface area (Å²) in [5.41, 5.74) is -0.125. The molecule has 0 aliphatic carbocycles. The third-order valence-electron chi connectivity index (χ3n) is 2.26. The zero-order chi connectivity index (χ0) is 16.5. The second kappa shape index (κ2) is 9.54. The molecule has 0 spiro atoms. The summed E-state index contributed by atoms with van der Waals surface area (Å²) in [5, 5.41) is 18.1. The number of nitrogens with zero attached hydrogens (tertiary/aromatic N) is 1. The Bertz CT molecular complexity index is 464. The molecule has 0 bridgehead atoms. The molecule has 0 saturated heterocycles. The van der Waals surface area contributed by atoms with Crippen molar-refractivity contribution in [3.05, 3.63) is 22.1 Å². The van der Waals surface area contributed by atoms with Crippen molar-refractivity contribution < 1.29 is 15.0 Å². The van der Waals surface area contributed by atoms with Crippen LogP contribution in [0.15, 0.2) is 22.1 Å². The lowest BCUT2D eigenvalue weighted by molar-refractivity contribution is -0.131. The number of aliphatic hydroxyl groups excluding tert-OH is 1. The van der Waals surface area contributed by atoms with Gasteiger partial charge in [-0.25, -0.2) is 4.79 Å². The summed E-state index contributed by atoms with van der Waals surface area (Å²) in [6.07, 6.45) is 3.99. The van der Waals surface area contributed by atoms with Crippen LogP contribution in [0.3, 0.4) is 0 Å². The Labute approximate surface area is 131 Å². The van der Waals surface area contributed by atoms with Gasteiger partial charge in [-0.3, -0.25) is 0 Å². The lowest BCUT2D eigenvalue weighted by Crippen LogP contribution is -2.15. The number of carbonyl (C=O) groups is 1. The Hall–Kier alpha value is -1.38. The summed E-state index contributed by atoms with van der Waals surface area (Å²) >= 11 is 1.15. The van der Waals surface area contributed by atoms with E-state index in [9.17, 15) is 9.90 Å². The molecule has 0 heterocycles. The van der Waals surface area contributed by atoms with Gasteiger partial charge in [0.15, 0.2) is 0 Å². The van der Waals surface area contributed by atoms with E-state index in [4.69, 9.17) is 5.11 Å². The molecule has 0 aromatic rings. The minimum absolute atomic E-state index is 0.0882. The number of carboxylic acid groups (broad SMARTS) is 1. The van der Waals surface area contributed by atoms with Crippen molar-refractivity contribution in [2.75, 3.05) is 20.2 Å². The first-order chi connectivity index (χ1) is 9.69. The number of allylic oxidation sites excluding steroid dienone is 2. The Morgan fingerprint density at radius 3 is 2.43 bits per heavy atom. The van der Waals surface area contributed by atoms with Crippen LogP contribution in [0.2, 0.25) is 0 Å². The van der Waals surface area contributed by atoms with E-state index in [1.165, 1.54) is 0 Å². The maximum absolute atomic E-state index is 11.3. The van der Waals surface area contributed by atoms with Crippen molar-refractivity contribution in [1.29, 1.82) is 0 Å². The minimum atomic E-state index is -0.979. The molecular formula is C16H25NO3S. The van der Waals surface area contributed by atoms with Crippen molar-refractivity contribution in [3.63, 3.8) is 0 Å². The lowest BCUT2D eigenvalue weighted by atomic mass is 9.98. The SMILES string of the molecule is C/C=C(/C#CC(C)(C)C)S/C(=C/N(C)CCCO)C(=O)O. The largest absolute Gasteiger partial charge is 0.477 e. The summed E-state index contributed by atoms with van der Waals surface area (Å²) in [6.45, 7) is 8.56. The summed E-state index contributed by atoms with van der Waals surface area (Å²) in [4.78, 5) is 14.0. The highest BCUT2D eigenvalue weighted by Gasteiger charge is 2.12. The molecule has 0 amide bonds. The van der Waals surface area contributed by atoms with E-state index in [1.807, 2.05) is 33.8 Å². The summed E-state index contributed by atoms with van der Waals surface area (Å²) in [6, 6.07) is 0. The molecule has 0 aromatic carbocycles. The second-order valence-electron chi connectivity index (χ2n) is 5.61. The van der Waals surface area contributed by atoms with Gasteiger partial charge in [0, 0.05) is 31.8 Å². The number of hydrogen-bond donors (Lipinski definition) is 2. The molecule has 21 heavy (non-hydrogen) atoms. The molecule has 0 radical (unpaired) electrons. The average Bonchev–Trinajstić information content (AvgIpc) is 2.38. The van der Waals surface area contributed by atoms with Gasteiger partial charge in [0.25, 0.3) is 0 Å². The minimum Gasteiger partial charge on any atom is -0.477 e. The topological polar surface area (TPSA) is 60.8 Å². The molecule has 0 aliphatic heterocycles. The number of carboxylic acids is 1. The van der Waals surface area contributed by atoms with Gasteiger partial charge >= 0.3 is 5.97 Å². The van der Waals surface area contributed by atoms with Crippen LogP contribution in [0.5, 0.6) is 0 Å². The monoisotopic (exact) mass is 311 g/mol. The van der Waals surface area contributed by atoms with Gasteiger partial charge in [-0.1, -0.05) is 29.7 Å². The molecule has 0 atom stereocenters. The fraction of sp³-hybridized carbons (Fsp3) is 0.562. The number of rotatable bonds is 7. The molecule has 4 nitrogen and oxygen atoms in total. The normalized spacial score (nSPS) is 12.7. The summed E-state index contributed by atoms with van der Waals surface area (Å²) in [7, 11) is 1.79. The van der Waals surface area contributed by atoms with Gasteiger partial charge in [-0.05, 0) is 34.1 Å². The Balaban J connectivity index is 5.02. The van der Waals surface area contributed by atoms with E-state index in [-0.39, 0.29) is 16.9 Å². The quantitative estimate of drug-likeness (QED) is 0.559. The van der Waals surface area contributed by atoms with E-state index in [1.54, 1.807) is 18.1 Å². The fourth-order valence-electron chi connectivity index (χ4n) is 1.23. The van der Waals surface area contributed by atoms with Crippen molar-refractivity contribution in [2.45, 2.75) is 34.1 Å². The molecule has 0 saturated carbocycles. The Morgan fingerprint density at radius 1 is 1.38 bits per heavy atom. The molecule has 0 aromatic heterocycles. The van der Waals surface area contributed by atoms with Gasteiger partial charge in [0.2, 0.25) is 0 Å².